The molecule has 0 fully saturated rings. The molecule has 3 aliphatic rings. The van der Waals surface area contributed by atoms with Crippen LogP contribution in [0.5, 0.6) is 0 Å². The first-order valence-electron chi connectivity index (χ1n) is 34.4. The van der Waals surface area contributed by atoms with Gasteiger partial charge in [0.15, 0.2) is 26.5 Å². The first-order chi connectivity index (χ1) is 43.9. The van der Waals surface area contributed by atoms with Crippen molar-refractivity contribution in [1.29, 1.82) is 0 Å². The van der Waals surface area contributed by atoms with Gasteiger partial charge in [0.1, 0.15) is 29.1 Å². The predicted molar refractivity (Wildman–Crippen MR) is 405 cm³/mol. The molecular formula is C82H124N8+2. The van der Waals surface area contributed by atoms with Gasteiger partial charge >= 0.3 is 0 Å². The van der Waals surface area contributed by atoms with E-state index in [9.17, 15) is 0 Å². The highest BCUT2D eigenvalue weighted by Gasteiger charge is 2.36. The van der Waals surface area contributed by atoms with E-state index in [4.69, 9.17) is 0 Å². The van der Waals surface area contributed by atoms with Crippen LogP contribution < -0.4 is 24.1 Å². The van der Waals surface area contributed by atoms with Crippen molar-refractivity contribution in [2.75, 3.05) is 28.8 Å². The summed E-state index contributed by atoms with van der Waals surface area (Å²) in [6.07, 6.45) is 9.18. The van der Waals surface area contributed by atoms with Gasteiger partial charge in [-0.2, -0.15) is 0 Å². The SMILES string of the molecule is CC.CC.CC.CC.CC.CC.CC.CC.CC.CC.Cc1cccc2c1N1C(=CN(C)[C@@H]1C)c1ccccc1-2.Cc1cccc2c3ccccc3c3cc[n+](C)n3c12.Cc1ccccc1-n1ccc[n+]1C.Cc1ccccc1N1c2ccccc2N(C)[C@@H]1C. The van der Waals surface area contributed by atoms with Gasteiger partial charge in [0.05, 0.1) is 29.0 Å². The third-order valence-corrected chi connectivity index (χ3v) is 14.5. The molecule has 8 nitrogen and oxygen atoms in total. The number of anilines is 4. The van der Waals surface area contributed by atoms with Crippen LogP contribution in [0.2, 0.25) is 0 Å². The number of benzene rings is 7. The van der Waals surface area contributed by atoms with E-state index in [2.05, 4.69) is 283 Å². The van der Waals surface area contributed by atoms with E-state index in [0.29, 0.717) is 12.3 Å². The highest BCUT2D eigenvalue weighted by Crippen LogP contribution is 2.49. The molecule has 7 aromatic carbocycles. The van der Waals surface area contributed by atoms with Crippen LogP contribution in [0.25, 0.3) is 49.7 Å². The quantitative estimate of drug-likeness (QED) is 0.127. The van der Waals surface area contributed by atoms with Crippen LogP contribution in [0.1, 0.15) is 180 Å². The molecule has 0 aliphatic carbocycles. The first-order valence-corrected chi connectivity index (χ1v) is 34.4. The summed E-state index contributed by atoms with van der Waals surface area (Å²) in [5.41, 5.74) is 19.6. The number of para-hydroxylation sites is 6. The van der Waals surface area contributed by atoms with Gasteiger partial charge in [0.25, 0.3) is 0 Å². The van der Waals surface area contributed by atoms with Gasteiger partial charge in [-0.3, -0.25) is 0 Å². The maximum atomic E-state index is 2.47. The zero-order valence-corrected chi connectivity index (χ0v) is 62.2. The van der Waals surface area contributed by atoms with Gasteiger partial charge < -0.3 is 19.6 Å². The van der Waals surface area contributed by atoms with E-state index in [1.54, 1.807) is 0 Å². The molecule has 6 heterocycles. The molecule has 0 saturated heterocycles. The van der Waals surface area contributed by atoms with Crippen LogP contribution in [0.4, 0.5) is 22.7 Å². The third-order valence-electron chi connectivity index (χ3n) is 14.5. The number of nitrogens with zero attached hydrogens (tertiary/aromatic N) is 8. The summed E-state index contributed by atoms with van der Waals surface area (Å²) >= 11 is 0. The van der Waals surface area contributed by atoms with Crippen molar-refractivity contribution in [1.82, 2.24) is 14.1 Å². The number of rotatable bonds is 2. The summed E-state index contributed by atoms with van der Waals surface area (Å²) in [7, 11) is 8.43. The number of pyridine rings is 1. The Balaban J connectivity index is 0.00000108. The summed E-state index contributed by atoms with van der Waals surface area (Å²) in [4.78, 5) is 9.48. The average molecular weight is 1220 g/mol. The van der Waals surface area contributed by atoms with Gasteiger partial charge in [0, 0.05) is 60.0 Å². The Hall–Kier alpha value is -8.10. The minimum absolute atomic E-state index is 0.350. The highest BCUT2D eigenvalue weighted by atomic mass is 15.4. The van der Waals surface area contributed by atoms with Gasteiger partial charge in [-0.25, -0.2) is 0 Å². The molecule has 8 heteroatoms. The summed E-state index contributed by atoms with van der Waals surface area (Å²) in [5.74, 6) is 0. The van der Waals surface area contributed by atoms with E-state index in [1.807, 2.05) is 158 Å². The number of fused-ring (bicyclic) bond motifs is 13. The molecule has 0 saturated carbocycles. The van der Waals surface area contributed by atoms with E-state index in [0.717, 1.165) is 0 Å². The smallest absolute Gasteiger partial charge is 0.196 e. The second-order valence-electron chi connectivity index (χ2n) is 18.9. The van der Waals surface area contributed by atoms with Crippen molar-refractivity contribution in [3.63, 3.8) is 0 Å². The van der Waals surface area contributed by atoms with Crippen molar-refractivity contribution in [2.45, 2.75) is 192 Å². The van der Waals surface area contributed by atoms with Crippen molar-refractivity contribution < 1.29 is 9.36 Å². The summed E-state index contributed by atoms with van der Waals surface area (Å²) in [5, 5.41) is 3.95. The molecule has 0 spiro atoms. The van der Waals surface area contributed by atoms with Crippen molar-refractivity contribution in [3.05, 3.63) is 222 Å². The molecule has 90 heavy (non-hydrogen) atoms. The topological polar surface area (TPSA) is 30.1 Å². The number of hydrogen-bond donors (Lipinski definition) is 0. The fourth-order valence-corrected chi connectivity index (χ4v) is 10.7. The predicted octanol–water partition coefficient (Wildman–Crippen LogP) is 23.3. The Morgan fingerprint density at radius 3 is 1.32 bits per heavy atom. The first kappa shape index (κ1) is 81.9. The fourth-order valence-electron chi connectivity index (χ4n) is 10.7. The van der Waals surface area contributed by atoms with Gasteiger partial charge in [-0.1, -0.05) is 272 Å². The maximum absolute atomic E-state index is 2.47. The Labute approximate surface area is 550 Å². The molecule has 0 unspecified atom stereocenters. The lowest BCUT2D eigenvalue weighted by molar-refractivity contribution is -0.744. The second-order valence-corrected chi connectivity index (χ2v) is 18.9. The lowest BCUT2D eigenvalue weighted by atomic mass is 9.90. The average Bonchev–Trinajstić information content (AvgIpc) is 1.42. The lowest BCUT2D eigenvalue weighted by Gasteiger charge is -2.36. The minimum atomic E-state index is 0.350. The number of hydrogen-bond acceptors (Lipinski definition) is 4. The molecule has 3 aromatic heterocycles. The largest absolute Gasteiger partial charge is 0.358 e. The molecule has 0 N–H and O–H groups in total. The van der Waals surface area contributed by atoms with Crippen LogP contribution in [-0.4, -0.2) is 40.5 Å². The minimum Gasteiger partial charge on any atom is -0.358 e. The van der Waals surface area contributed by atoms with Crippen LogP contribution in [0.3, 0.4) is 0 Å². The van der Waals surface area contributed by atoms with Gasteiger partial charge in [-0.15, -0.1) is 18.6 Å². The van der Waals surface area contributed by atoms with Crippen molar-refractivity contribution in [2.24, 2.45) is 14.1 Å². The Kier molecular flexibility index (Phi) is 40.4. The molecule has 10 aromatic rings. The molecule has 13 rings (SSSR count). The van der Waals surface area contributed by atoms with E-state index in [1.165, 1.54) is 100 Å². The van der Waals surface area contributed by atoms with Gasteiger partial charge in [-0.05, 0) is 99.0 Å². The van der Waals surface area contributed by atoms with Crippen LogP contribution in [0.15, 0.2) is 195 Å². The number of aromatic nitrogens is 4. The molecule has 2 atom stereocenters. The molecule has 0 radical (unpaired) electrons. The number of aryl methyl sites for hydroxylation is 6. The highest BCUT2D eigenvalue weighted by molar-refractivity contribution is 6.12. The second kappa shape index (κ2) is 44.4. The Bertz CT molecular complexity index is 3580. The van der Waals surface area contributed by atoms with Crippen molar-refractivity contribution in [3.8, 4) is 16.8 Å². The zero-order chi connectivity index (χ0) is 68.8. The normalized spacial score (nSPS) is 12.5. The summed E-state index contributed by atoms with van der Waals surface area (Å²) in [6.45, 7) is 53.2. The van der Waals surface area contributed by atoms with E-state index in [-0.39, 0.29) is 0 Å². The third kappa shape index (κ3) is 19.0. The Morgan fingerprint density at radius 1 is 0.344 bits per heavy atom. The molecular weight excluding hydrogens is 1100 g/mol. The lowest BCUT2D eigenvalue weighted by Crippen LogP contribution is -2.36. The van der Waals surface area contributed by atoms with Gasteiger partial charge in [0.2, 0.25) is 0 Å². The summed E-state index contributed by atoms with van der Waals surface area (Å²) in [6, 6.07) is 60.2. The molecule has 3 aliphatic heterocycles. The Morgan fingerprint density at radius 2 is 0.778 bits per heavy atom. The standard InChI is InChI=1S/C18H18N2.C17H15N2.C16H18N2.C11H13N2.10C2H6/c1-12-7-6-10-16-14-8-4-5-9-15(14)17-11-19(3)13(2)20(17)18(12)16;1-12-6-5-9-15-13-7-3-4-8-14(13)16-10-11-18(2)19(16)17(12)15;1-12-8-4-5-9-14(12)18-13(2)17(3)15-10-6-7-11-16(15)18;1-10-6-3-4-7-11(10)13-9-5-8-12(13)2;10*1-2/h4-11,13H,1-3H3;3-11H,1-2H3;4-11,13H,1-3H3;3-9H,1-2H3;10*1-2H3/q;+1;;+1;;;;;;;;;;/t13-;;13-;;;;;;;;;;;/m0.0.........../s1. The van der Waals surface area contributed by atoms with Crippen molar-refractivity contribution >= 4 is 55.6 Å². The van der Waals surface area contributed by atoms with E-state index < -0.39 is 0 Å². The maximum Gasteiger partial charge on any atom is 0.196 e. The van der Waals surface area contributed by atoms with Crippen LogP contribution in [-0.2, 0) is 14.1 Å². The fraction of sp³-hybridized carbons (Fsp3) is 0.390. The summed E-state index contributed by atoms with van der Waals surface area (Å²) < 4.78 is 8.63. The molecule has 0 bridgehead atoms. The van der Waals surface area contributed by atoms with Crippen LogP contribution in [0, 0.1) is 27.7 Å². The van der Waals surface area contributed by atoms with E-state index >= 15 is 0 Å². The zero-order valence-electron chi connectivity index (χ0n) is 62.2. The molecule has 0 amide bonds. The van der Waals surface area contributed by atoms with Crippen LogP contribution >= 0.6 is 0 Å². The molecule has 490 valence electrons. The monoisotopic (exact) mass is 1220 g/mol.